The first-order valence-electron chi connectivity index (χ1n) is 10.4. The van der Waals surface area contributed by atoms with E-state index in [-0.39, 0.29) is 12.0 Å². The van der Waals surface area contributed by atoms with Gasteiger partial charge in [-0.2, -0.15) is 0 Å². The highest BCUT2D eigenvalue weighted by molar-refractivity contribution is 7.20. The summed E-state index contributed by atoms with van der Waals surface area (Å²) in [5.41, 5.74) is 10.1. The van der Waals surface area contributed by atoms with Crippen LogP contribution < -0.4 is 11.1 Å². The van der Waals surface area contributed by atoms with Crippen LogP contribution in [0, 0.1) is 11.8 Å². The highest BCUT2D eigenvalue weighted by atomic mass is 35.5. The summed E-state index contributed by atoms with van der Waals surface area (Å²) in [7, 11) is 0. The molecule has 0 saturated carbocycles. The maximum Gasteiger partial charge on any atom is 0.131 e. The summed E-state index contributed by atoms with van der Waals surface area (Å²) in [6, 6.07) is 9.99. The van der Waals surface area contributed by atoms with E-state index in [1.165, 1.54) is 9.75 Å². The Morgan fingerprint density at radius 2 is 2.09 bits per heavy atom. The zero-order valence-electron chi connectivity index (χ0n) is 17.2. The highest BCUT2D eigenvalue weighted by Gasteiger charge is 2.27. The minimum Gasteiger partial charge on any atom is -0.379 e. The average Bonchev–Trinajstić information content (AvgIpc) is 3.45. The molecule has 0 fully saturated rings. The van der Waals surface area contributed by atoms with Crippen molar-refractivity contribution in [1.82, 2.24) is 9.97 Å². The second-order valence-electron chi connectivity index (χ2n) is 7.65. The fraction of sp³-hybridized carbons (Fsp3) is 0.200. The molecule has 32 heavy (non-hydrogen) atoms. The first-order valence-corrected chi connectivity index (χ1v) is 12.5. The molecular weight excluding hydrogens is 456 g/mol. The average molecular weight is 477 g/mol. The Bertz CT molecular complexity index is 1320. The molecule has 5 rings (SSSR count). The molecule has 0 spiro atoms. The summed E-state index contributed by atoms with van der Waals surface area (Å²) in [5.74, 6) is 6.86. The van der Waals surface area contributed by atoms with Crippen molar-refractivity contribution in [1.29, 1.82) is 0 Å². The van der Waals surface area contributed by atoms with Gasteiger partial charge >= 0.3 is 0 Å². The fourth-order valence-electron chi connectivity index (χ4n) is 3.87. The lowest BCUT2D eigenvalue weighted by atomic mass is 9.87. The summed E-state index contributed by atoms with van der Waals surface area (Å²) in [6.07, 6.45) is 9.67. The minimum atomic E-state index is 0.0602. The number of nitrogens with two attached hydrogens (primary N) is 1. The smallest absolute Gasteiger partial charge is 0.131 e. The molecule has 4 aromatic rings. The predicted molar refractivity (Wildman–Crippen MR) is 136 cm³/mol. The van der Waals surface area contributed by atoms with Crippen molar-refractivity contribution in [3.63, 3.8) is 0 Å². The van der Waals surface area contributed by atoms with Gasteiger partial charge in [0.25, 0.3) is 0 Å². The van der Waals surface area contributed by atoms with Gasteiger partial charge in [-0.1, -0.05) is 41.7 Å². The van der Waals surface area contributed by atoms with E-state index in [0.717, 1.165) is 46.4 Å². The number of nitrogens with zero attached hydrogens (tertiary/aromatic N) is 2. The molecule has 3 N–H and O–H groups in total. The van der Waals surface area contributed by atoms with E-state index in [1.807, 2.05) is 18.2 Å². The molecule has 0 unspecified atom stereocenters. The molecule has 4 nitrogen and oxygen atoms in total. The lowest BCUT2D eigenvalue weighted by molar-refractivity contribution is 0.527. The zero-order chi connectivity index (χ0) is 21.9. The maximum absolute atomic E-state index is 6.54. The van der Waals surface area contributed by atoms with E-state index < -0.39 is 0 Å². The molecule has 0 amide bonds. The maximum atomic E-state index is 6.54. The Hall–Kier alpha value is -2.69. The molecule has 1 aliphatic rings. The lowest BCUT2D eigenvalue weighted by Gasteiger charge is -2.24. The van der Waals surface area contributed by atoms with Crippen molar-refractivity contribution in [2.45, 2.75) is 31.3 Å². The lowest BCUT2D eigenvalue weighted by Crippen LogP contribution is -2.29. The van der Waals surface area contributed by atoms with Crippen LogP contribution in [0.5, 0.6) is 0 Å². The van der Waals surface area contributed by atoms with Gasteiger partial charge in [0.15, 0.2) is 0 Å². The number of hydrogen-bond acceptors (Lipinski definition) is 6. The quantitative estimate of drug-likeness (QED) is 0.210. The first kappa shape index (κ1) is 21.2. The summed E-state index contributed by atoms with van der Waals surface area (Å²) in [4.78, 5) is 11.3. The number of allylic oxidation sites excluding steroid dienone is 1. The number of anilines is 1. The van der Waals surface area contributed by atoms with E-state index in [2.05, 4.69) is 51.8 Å². The van der Waals surface area contributed by atoms with E-state index in [4.69, 9.17) is 22.3 Å². The third-order valence-electron chi connectivity index (χ3n) is 5.48. The van der Waals surface area contributed by atoms with Crippen LogP contribution in [0.2, 0.25) is 5.15 Å². The van der Waals surface area contributed by atoms with Crippen LogP contribution in [0.25, 0.3) is 10.2 Å². The fourth-order valence-corrected chi connectivity index (χ4v) is 6.08. The number of nitrogens with one attached hydrogen (secondary N) is 1. The summed E-state index contributed by atoms with van der Waals surface area (Å²) in [6.45, 7) is 0.739. The molecule has 0 bridgehead atoms. The molecule has 7 heteroatoms. The number of thiophene rings is 2. The van der Waals surface area contributed by atoms with E-state index >= 15 is 0 Å². The second-order valence-corrected chi connectivity index (χ2v) is 10.1. The number of halogens is 1. The molecule has 160 valence electrons. The highest BCUT2D eigenvalue weighted by Crippen LogP contribution is 2.43. The standard InChI is InChI=1S/C25H21ClN4S2/c26-22-13-21(29-15-17-6-4-12-31-17)25-23(30-22)19(10-9-16-5-3-11-28-14-16)24(32-25)18-7-1-2-8-20(18)27/h1-6,11-14,18,20H,7-8,15,27H2,(H,29,30)/t18-,20-/m0/s1. The largest absolute Gasteiger partial charge is 0.379 e. The second kappa shape index (κ2) is 9.43. The Morgan fingerprint density at radius 1 is 1.19 bits per heavy atom. The SMILES string of the molecule is N[C@H]1CC=CC[C@@H]1c1sc2c(NCc3cccs3)cc(Cl)nc2c1C#Cc1cccnc1. The van der Waals surface area contributed by atoms with Gasteiger partial charge in [-0.15, -0.1) is 22.7 Å². The van der Waals surface area contributed by atoms with Gasteiger partial charge in [-0.05, 0) is 36.4 Å². The van der Waals surface area contributed by atoms with Crippen molar-refractivity contribution in [2.75, 3.05) is 5.32 Å². The van der Waals surface area contributed by atoms with Crippen LogP contribution in [-0.4, -0.2) is 16.0 Å². The van der Waals surface area contributed by atoms with Crippen molar-refractivity contribution in [3.8, 4) is 11.8 Å². The van der Waals surface area contributed by atoms with Gasteiger partial charge in [0.05, 0.1) is 16.0 Å². The third kappa shape index (κ3) is 4.43. The Labute approximate surface area is 200 Å². The van der Waals surface area contributed by atoms with Crippen molar-refractivity contribution in [2.24, 2.45) is 5.73 Å². The number of fused-ring (bicyclic) bond motifs is 1. The van der Waals surface area contributed by atoms with Crippen molar-refractivity contribution in [3.05, 3.63) is 86.3 Å². The first-order chi connectivity index (χ1) is 15.7. The third-order valence-corrected chi connectivity index (χ3v) is 7.90. The molecule has 4 aromatic heterocycles. The normalized spacial score (nSPS) is 17.8. The van der Waals surface area contributed by atoms with E-state index in [9.17, 15) is 0 Å². The monoisotopic (exact) mass is 476 g/mol. The predicted octanol–water partition coefficient (Wildman–Crippen LogP) is 6.18. The van der Waals surface area contributed by atoms with Gasteiger partial charge in [0, 0.05) is 52.3 Å². The van der Waals surface area contributed by atoms with Crippen molar-refractivity contribution >= 4 is 50.2 Å². The van der Waals surface area contributed by atoms with Crippen LogP contribution in [-0.2, 0) is 6.54 Å². The zero-order valence-corrected chi connectivity index (χ0v) is 19.6. The molecule has 0 radical (unpaired) electrons. The van der Waals surface area contributed by atoms with Crippen LogP contribution in [0.15, 0.2) is 60.3 Å². The van der Waals surface area contributed by atoms with E-state index in [1.54, 1.807) is 35.1 Å². The van der Waals surface area contributed by atoms with Gasteiger partial charge < -0.3 is 11.1 Å². The number of aromatic nitrogens is 2. The summed E-state index contributed by atoms with van der Waals surface area (Å²) >= 11 is 9.92. The van der Waals surface area contributed by atoms with Gasteiger partial charge in [-0.3, -0.25) is 4.98 Å². The van der Waals surface area contributed by atoms with Gasteiger partial charge in [0.2, 0.25) is 0 Å². The minimum absolute atomic E-state index is 0.0602. The van der Waals surface area contributed by atoms with Crippen LogP contribution in [0.4, 0.5) is 5.69 Å². The van der Waals surface area contributed by atoms with Gasteiger partial charge in [-0.25, -0.2) is 4.98 Å². The Kier molecular flexibility index (Phi) is 6.24. The molecule has 4 heterocycles. The number of pyridine rings is 2. The Morgan fingerprint density at radius 3 is 2.88 bits per heavy atom. The van der Waals surface area contributed by atoms with Crippen LogP contribution >= 0.6 is 34.3 Å². The number of rotatable bonds is 4. The molecule has 0 aromatic carbocycles. The molecular formula is C25H21ClN4S2. The summed E-state index contributed by atoms with van der Waals surface area (Å²) < 4.78 is 1.07. The molecule has 0 aliphatic heterocycles. The molecule has 1 aliphatic carbocycles. The van der Waals surface area contributed by atoms with Crippen LogP contribution in [0.3, 0.4) is 0 Å². The van der Waals surface area contributed by atoms with Crippen molar-refractivity contribution < 1.29 is 0 Å². The summed E-state index contributed by atoms with van der Waals surface area (Å²) in [5, 5.41) is 6.09. The van der Waals surface area contributed by atoms with Crippen LogP contribution in [0.1, 0.15) is 39.6 Å². The Balaban J connectivity index is 1.63. The van der Waals surface area contributed by atoms with E-state index in [0.29, 0.717) is 5.15 Å². The topological polar surface area (TPSA) is 63.8 Å². The molecule has 0 saturated heterocycles. The number of hydrogen-bond donors (Lipinski definition) is 2. The molecule has 2 atom stereocenters. The van der Waals surface area contributed by atoms with Gasteiger partial charge in [0.1, 0.15) is 10.7 Å².